The van der Waals surface area contributed by atoms with E-state index in [1.165, 1.54) is 0 Å². The first kappa shape index (κ1) is 7.50. The van der Waals surface area contributed by atoms with Crippen LogP contribution in [0, 0.1) is 0 Å². The van der Waals surface area contributed by atoms with Crippen LogP contribution in [0.4, 0.5) is 0 Å². The lowest BCUT2D eigenvalue weighted by atomic mass is 10.7. The Morgan fingerprint density at radius 2 is 2.50 bits per heavy atom. The summed E-state index contributed by atoms with van der Waals surface area (Å²) in [6.45, 7) is 0.337. The Morgan fingerprint density at radius 1 is 1.70 bits per heavy atom. The van der Waals surface area contributed by atoms with Crippen LogP contribution in [0.2, 0.25) is 0 Å². The summed E-state index contributed by atoms with van der Waals surface area (Å²) >= 11 is 5.41. The zero-order valence-electron chi connectivity index (χ0n) is 5.50. The van der Waals surface area contributed by atoms with Crippen LogP contribution >= 0.6 is 11.6 Å². The number of rotatable bonds is 3. The highest BCUT2D eigenvalue weighted by Crippen LogP contribution is 2.00. The molecular weight excluding hydrogens is 156 g/mol. The van der Waals surface area contributed by atoms with Crippen molar-refractivity contribution < 1.29 is 9.26 Å². The monoisotopic (exact) mass is 162 g/mol. The zero-order chi connectivity index (χ0) is 7.40. The molecule has 0 saturated carbocycles. The van der Waals surface area contributed by atoms with Gasteiger partial charge in [0.2, 0.25) is 0 Å². The highest BCUT2D eigenvalue weighted by Gasteiger charge is 2.02. The second-order valence-corrected chi connectivity index (χ2v) is 1.94. The van der Waals surface area contributed by atoms with Gasteiger partial charge in [0.25, 0.3) is 5.89 Å². The molecule has 0 saturated heterocycles. The van der Waals surface area contributed by atoms with Crippen molar-refractivity contribution in [1.82, 2.24) is 10.1 Å². The largest absolute Gasteiger partial charge is 0.375 e. The first-order chi connectivity index (χ1) is 4.86. The van der Waals surface area contributed by atoms with Crippen LogP contribution in [-0.4, -0.2) is 17.3 Å². The highest BCUT2D eigenvalue weighted by atomic mass is 35.5. The molecule has 56 valence electrons. The van der Waals surface area contributed by atoms with Gasteiger partial charge in [0, 0.05) is 7.11 Å². The average molecular weight is 163 g/mol. The van der Waals surface area contributed by atoms with Gasteiger partial charge >= 0.3 is 0 Å². The van der Waals surface area contributed by atoms with Crippen molar-refractivity contribution in [2.75, 3.05) is 7.11 Å². The molecule has 0 atom stereocenters. The first-order valence-corrected chi connectivity index (χ1v) is 3.26. The summed E-state index contributed by atoms with van der Waals surface area (Å²) in [5.74, 6) is 1.22. The summed E-state index contributed by atoms with van der Waals surface area (Å²) in [4.78, 5) is 3.88. The molecule has 0 aliphatic heterocycles. The number of hydrogen-bond acceptors (Lipinski definition) is 4. The van der Waals surface area contributed by atoms with Crippen molar-refractivity contribution in [3.05, 3.63) is 11.7 Å². The molecule has 0 aliphatic rings. The van der Waals surface area contributed by atoms with Gasteiger partial charge in [-0.3, -0.25) is 0 Å². The average Bonchev–Trinajstić information content (AvgIpc) is 2.37. The normalized spacial score (nSPS) is 10.2. The molecule has 10 heavy (non-hydrogen) atoms. The van der Waals surface area contributed by atoms with E-state index < -0.39 is 0 Å². The summed E-state index contributed by atoms with van der Waals surface area (Å²) in [7, 11) is 1.56. The fourth-order valence-corrected chi connectivity index (χ4v) is 0.635. The van der Waals surface area contributed by atoms with Crippen molar-refractivity contribution in [3.8, 4) is 0 Å². The van der Waals surface area contributed by atoms with E-state index in [2.05, 4.69) is 10.1 Å². The second-order valence-electron chi connectivity index (χ2n) is 1.67. The molecule has 1 aromatic heterocycles. The minimum atomic E-state index is 0.271. The minimum absolute atomic E-state index is 0.271. The first-order valence-electron chi connectivity index (χ1n) is 2.73. The van der Waals surface area contributed by atoms with Crippen molar-refractivity contribution in [1.29, 1.82) is 0 Å². The SMILES string of the molecule is COCc1nc(CCl)no1. The number of methoxy groups -OCH3 is 1. The van der Waals surface area contributed by atoms with E-state index in [9.17, 15) is 0 Å². The molecule has 0 unspecified atom stereocenters. The molecule has 0 aromatic carbocycles. The standard InChI is InChI=1S/C5H7ClN2O2/c1-9-3-5-7-4(2-6)8-10-5/h2-3H2,1H3. The second kappa shape index (κ2) is 3.53. The summed E-state index contributed by atoms with van der Waals surface area (Å²) in [5.41, 5.74) is 0. The number of ether oxygens (including phenoxy) is 1. The number of aromatic nitrogens is 2. The fourth-order valence-electron chi connectivity index (χ4n) is 0.527. The van der Waals surface area contributed by atoms with Gasteiger partial charge in [-0.15, -0.1) is 11.6 Å². The van der Waals surface area contributed by atoms with E-state index in [1.54, 1.807) is 7.11 Å². The van der Waals surface area contributed by atoms with Crippen LogP contribution in [0.25, 0.3) is 0 Å². The van der Waals surface area contributed by atoms with Crippen LogP contribution in [0.3, 0.4) is 0 Å². The fraction of sp³-hybridized carbons (Fsp3) is 0.600. The lowest BCUT2D eigenvalue weighted by molar-refractivity contribution is 0.151. The predicted octanol–water partition coefficient (Wildman–Crippen LogP) is 0.955. The Kier molecular flexibility index (Phi) is 2.65. The van der Waals surface area contributed by atoms with Gasteiger partial charge in [-0.1, -0.05) is 5.16 Å². The van der Waals surface area contributed by atoms with E-state index in [0.29, 0.717) is 18.3 Å². The van der Waals surface area contributed by atoms with Crippen LogP contribution in [0.1, 0.15) is 11.7 Å². The summed E-state index contributed by atoms with van der Waals surface area (Å²) in [6, 6.07) is 0. The van der Waals surface area contributed by atoms with Gasteiger partial charge in [0.05, 0.1) is 5.88 Å². The lowest BCUT2D eigenvalue weighted by Gasteiger charge is -1.85. The molecule has 1 rings (SSSR count). The maximum Gasteiger partial charge on any atom is 0.252 e. The molecule has 0 spiro atoms. The van der Waals surface area contributed by atoms with E-state index in [4.69, 9.17) is 20.9 Å². The molecule has 1 aromatic rings. The van der Waals surface area contributed by atoms with Gasteiger partial charge in [0.1, 0.15) is 6.61 Å². The topological polar surface area (TPSA) is 48.2 Å². The number of nitrogens with zero attached hydrogens (tertiary/aromatic N) is 2. The van der Waals surface area contributed by atoms with E-state index in [1.807, 2.05) is 0 Å². The van der Waals surface area contributed by atoms with Crippen LogP contribution in [-0.2, 0) is 17.2 Å². The number of alkyl halides is 1. The number of halogens is 1. The number of hydrogen-bond donors (Lipinski definition) is 0. The molecule has 0 bridgehead atoms. The Morgan fingerprint density at radius 3 is 3.00 bits per heavy atom. The van der Waals surface area contributed by atoms with Crippen LogP contribution < -0.4 is 0 Å². The van der Waals surface area contributed by atoms with Crippen LogP contribution in [0.5, 0.6) is 0 Å². The quantitative estimate of drug-likeness (QED) is 0.621. The van der Waals surface area contributed by atoms with E-state index in [0.717, 1.165) is 0 Å². The predicted molar refractivity (Wildman–Crippen MR) is 34.6 cm³/mol. The molecular formula is C5H7ClN2O2. The summed E-state index contributed by atoms with van der Waals surface area (Å²) in [5, 5.41) is 3.56. The van der Waals surface area contributed by atoms with E-state index in [-0.39, 0.29) is 5.88 Å². The Hall–Kier alpha value is -0.610. The lowest BCUT2D eigenvalue weighted by Crippen LogP contribution is -1.87. The van der Waals surface area contributed by atoms with Crippen molar-refractivity contribution in [3.63, 3.8) is 0 Å². The molecule has 1 heterocycles. The zero-order valence-corrected chi connectivity index (χ0v) is 6.26. The molecule has 0 radical (unpaired) electrons. The maximum atomic E-state index is 5.41. The smallest absolute Gasteiger partial charge is 0.252 e. The van der Waals surface area contributed by atoms with Gasteiger partial charge in [0.15, 0.2) is 5.82 Å². The molecule has 5 heteroatoms. The minimum Gasteiger partial charge on any atom is -0.375 e. The highest BCUT2D eigenvalue weighted by molar-refractivity contribution is 6.16. The molecule has 0 fully saturated rings. The van der Waals surface area contributed by atoms with Gasteiger partial charge in [-0.05, 0) is 0 Å². The third kappa shape index (κ3) is 1.68. The van der Waals surface area contributed by atoms with Gasteiger partial charge < -0.3 is 9.26 Å². The Balaban J connectivity index is 2.59. The summed E-state index contributed by atoms with van der Waals surface area (Å²) < 4.78 is 9.47. The van der Waals surface area contributed by atoms with Crippen molar-refractivity contribution >= 4 is 11.6 Å². The van der Waals surface area contributed by atoms with Gasteiger partial charge in [-0.25, -0.2) is 0 Å². The molecule has 0 aliphatic carbocycles. The Labute approximate surface area is 63.1 Å². The Bertz CT molecular complexity index is 201. The van der Waals surface area contributed by atoms with Gasteiger partial charge in [-0.2, -0.15) is 4.98 Å². The van der Waals surface area contributed by atoms with Crippen molar-refractivity contribution in [2.24, 2.45) is 0 Å². The molecule has 4 nitrogen and oxygen atoms in total. The maximum absolute atomic E-state index is 5.41. The molecule has 0 amide bonds. The third-order valence-corrected chi connectivity index (χ3v) is 1.14. The van der Waals surface area contributed by atoms with Crippen LogP contribution in [0.15, 0.2) is 4.52 Å². The van der Waals surface area contributed by atoms with E-state index >= 15 is 0 Å². The molecule has 0 N–H and O–H groups in total. The third-order valence-electron chi connectivity index (χ3n) is 0.897. The summed E-state index contributed by atoms with van der Waals surface area (Å²) in [6.07, 6.45) is 0. The van der Waals surface area contributed by atoms with Crippen molar-refractivity contribution in [2.45, 2.75) is 12.5 Å².